The molecule has 2 aromatic carbocycles. The van der Waals surface area contributed by atoms with Gasteiger partial charge in [0.25, 0.3) is 0 Å². The minimum atomic E-state index is 0.478. The highest BCUT2D eigenvalue weighted by molar-refractivity contribution is 5.50. The first kappa shape index (κ1) is 20.3. The number of hydrogen-bond donors (Lipinski definition) is 1. The number of piperazine rings is 1. The van der Waals surface area contributed by atoms with Crippen LogP contribution in [0.25, 0.3) is 0 Å². The van der Waals surface area contributed by atoms with Gasteiger partial charge < -0.3 is 15.1 Å². The molecule has 0 spiro atoms. The average Bonchev–Trinajstić information content (AvgIpc) is 2.69. The molecule has 1 aliphatic rings. The van der Waals surface area contributed by atoms with Gasteiger partial charge in [0.1, 0.15) is 5.82 Å². The summed E-state index contributed by atoms with van der Waals surface area (Å²) < 4.78 is 0. The molecule has 1 heterocycles. The molecule has 1 atom stereocenters. The summed E-state index contributed by atoms with van der Waals surface area (Å²) in [5.74, 6) is 1.82. The molecule has 1 aliphatic heterocycles. The van der Waals surface area contributed by atoms with Gasteiger partial charge in [0, 0.05) is 31.0 Å². The highest BCUT2D eigenvalue weighted by Gasteiger charge is 2.30. The SMILES string of the molecule is CCC=C(Nc1ccc(C)cc1)N1CCN(c2ccc(C)cc2)CC1C(C)C. The Labute approximate surface area is 171 Å². The van der Waals surface area contributed by atoms with Crippen molar-refractivity contribution in [2.24, 2.45) is 5.92 Å². The minimum absolute atomic E-state index is 0.478. The lowest BCUT2D eigenvalue weighted by molar-refractivity contribution is 0.182. The second-order valence-electron chi connectivity index (χ2n) is 8.27. The number of nitrogens with zero attached hydrogens (tertiary/aromatic N) is 2. The molecule has 0 amide bonds. The van der Waals surface area contributed by atoms with Gasteiger partial charge in [-0.3, -0.25) is 0 Å². The summed E-state index contributed by atoms with van der Waals surface area (Å²) in [7, 11) is 0. The Hall–Kier alpha value is -2.42. The average molecular weight is 378 g/mol. The lowest BCUT2D eigenvalue weighted by Crippen LogP contribution is -2.55. The van der Waals surface area contributed by atoms with Gasteiger partial charge in [0.2, 0.25) is 0 Å². The lowest BCUT2D eigenvalue weighted by atomic mass is 9.98. The van der Waals surface area contributed by atoms with Crippen LogP contribution >= 0.6 is 0 Å². The quantitative estimate of drug-likeness (QED) is 0.685. The smallest absolute Gasteiger partial charge is 0.102 e. The van der Waals surface area contributed by atoms with Gasteiger partial charge in [-0.05, 0) is 56.5 Å². The Kier molecular flexibility index (Phi) is 6.66. The molecule has 1 saturated heterocycles. The summed E-state index contributed by atoms with van der Waals surface area (Å²) in [5, 5.41) is 3.69. The largest absolute Gasteiger partial charge is 0.368 e. The molecule has 1 fully saturated rings. The van der Waals surface area contributed by atoms with E-state index in [1.165, 1.54) is 22.6 Å². The Morgan fingerprint density at radius 1 is 1.00 bits per heavy atom. The van der Waals surface area contributed by atoms with Gasteiger partial charge in [-0.2, -0.15) is 0 Å². The maximum atomic E-state index is 3.69. The number of benzene rings is 2. The van der Waals surface area contributed by atoms with Crippen molar-refractivity contribution in [3.63, 3.8) is 0 Å². The van der Waals surface area contributed by atoms with Gasteiger partial charge >= 0.3 is 0 Å². The van der Waals surface area contributed by atoms with Crippen molar-refractivity contribution in [2.45, 2.75) is 47.1 Å². The molecule has 28 heavy (non-hydrogen) atoms. The normalized spacial score (nSPS) is 17.9. The van der Waals surface area contributed by atoms with E-state index in [9.17, 15) is 0 Å². The van der Waals surface area contributed by atoms with E-state index >= 15 is 0 Å². The van der Waals surface area contributed by atoms with Crippen molar-refractivity contribution in [1.29, 1.82) is 0 Å². The van der Waals surface area contributed by atoms with E-state index in [2.05, 4.69) is 104 Å². The zero-order valence-corrected chi connectivity index (χ0v) is 18.1. The van der Waals surface area contributed by atoms with Crippen molar-refractivity contribution in [3.05, 3.63) is 71.6 Å². The number of allylic oxidation sites excluding steroid dienone is 1. The van der Waals surface area contributed by atoms with Crippen molar-refractivity contribution in [1.82, 2.24) is 4.90 Å². The summed E-state index contributed by atoms with van der Waals surface area (Å²) in [6.07, 6.45) is 3.36. The first-order valence-electron chi connectivity index (χ1n) is 10.6. The predicted octanol–water partition coefficient (Wildman–Crippen LogP) is 5.81. The standard InChI is InChI=1S/C25H35N3/c1-6-7-25(26-22-12-8-20(4)9-13-22)28-17-16-27(18-24(28)19(2)3)23-14-10-21(5)11-15-23/h7-15,19,24,26H,6,16-18H2,1-5H3. The predicted molar refractivity (Wildman–Crippen MR) is 122 cm³/mol. The van der Waals surface area contributed by atoms with E-state index in [1.54, 1.807) is 0 Å². The summed E-state index contributed by atoms with van der Waals surface area (Å²) in [4.78, 5) is 5.12. The van der Waals surface area contributed by atoms with Crippen LogP contribution in [0, 0.1) is 19.8 Å². The molecular weight excluding hydrogens is 342 g/mol. The minimum Gasteiger partial charge on any atom is -0.368 e. The van der Waals surface area contributed by atoms with Gasteiger partial charge in [-0.1, -0.05) is 56.2 Å². The zero-order chi connectivity index (χ0) is 20.1. The highest BCUT2D eigenvalue weighted by Crippen LogP contribution is 2.27. The molecule has 0 aliphatic carbocycles. The van der Waals surface area contributed by atoms with E-state index in [1.807, 2.05) is 0 Å². The van der Waals surface area contributed by atoms with Crippen LogP contribution in [-0.2, 0) is 0 Å². The van der Waals surface area contributed by atoms with Crippen LogP contribution < -0.4 is 10.2 Å². The van der Waals surface area contributed by atoms with Crippen LogP contribution in [-0.4, -0.2) is 30.6 Å². The van der Waals surface area contributed by atoms with Crippen LogP contribution in [0.2, 0.25) is 0 Å². The molecular formula is C25H35N3. The second-order valence-corrected chi connectivity index (χ2v) is 8.27. The number of nitrogens with one attached hydrogen (secondary N) is 1. The number of anilines is 2. The fourth-order valence-corrected chi connectivity index (χ4v) is 3.89. The molecule has 2 aromatic rings. The molecule has 1 N–H and O–H groups in total. The molecule has 1 unspecified atom stereocenters. The van der Waals surface area contributed by atoms with Gasteiger partial charge in [-0.15, -0.1) is 0 Å². The summed E-state index contributed by atoms with van der Waals surface area (Å²) >= 11 is 0. The monoisotopic (exact) mass is 377 g/mol. The van der Waals surface area contributed by atoms with E-state index in [0.717, 1.165) is 31.7 Å². The van der Waals surface area contributed by atoms with Crippen LogP contribution in [0.3, 0.4) is 0 Å². The number of rotatable bonds is 6. The van der Waals surface area contributed by atoms with E-state index < -0.39 is 0 Å². The van der Waals surface area contributed by atoms with Crippen molar-refractivity contribution in [2.75, 3.05) is 29.9 Å². The Morgan fingerprint density at radius 3 is 2.18 bits per heavy atom. The molecule has 0 aromatic heterocycles. The maximum Gasteiger partial charge on any atom is 0.102 e. The Morgan fingerprint density at radius 2 is 1.61 bits per heavy atom. The highest BCUT2D eigenvalue weighted by atomic mass is 15.3. The Bertz CT molecular complexity index is 774. The van der Waals surface area contributed by atoms with Crippen LogP contribution in [0.5, 0.6) is 0 Å². The molecule has 3 rings (SSSR count). The third-order valence-electron chi connectivity index (χ3n) is 5.62. The molecule has 3 heteroatoms. The molecule has 0 bridgehead atoms. The van der Waals surface area contributed by atoms with Crippen LogP contribution in [0.4, 0.5) is 11.4 Å². The van der Waals surface area contributed by atoms with Crippen molar-refractivity contribution < 1.29 is 0 Å². The van der Waals surface area contributed by atoms with E-state index in [-0.39, 0.29) is 0 Å². The number of hydrogen-bond acceptors (Lipinski definition) is 3. The Balaban J connectivity index is 1.79. The van der Waals surface area contributed by atoms with Crippen molar-refractivity contribution in [3.8, 4) is 0 Å². The third-order valence-corrected chi connectivity index (χ3v) is 5.62. The van der Waals surface area contributed by atoms with E-state index in [4.69, 9.17) is 0 Å². The summed E-state index contributed by atoms with van der Waals surface area (Å²) in [5.41, 5.74) is 5.11. The topological polar surface area (TPSA) is 18.5 Å². The maximum absolute atomic E-state index is 3.69. The second kappa shape index (κ2) is 9.18. The fourth-order valence-electron chi connectivity index (χ4n) is 3.89. The third kappa shape index (κ3) is 4.89. The van der Waals surface area contributed by atoms with Crippen LogP contribution in [0.1, 0.15) is 38.3 Å². The summed E-state index contributed by atoms with van der Waals surface area (Å²) in [6, 6.07) is 18.1. The number of aryl methyl sites for hydroxylation is 2. The van der Waals surface area contributed by atoms with Gasteiger partial charge in [0.15, 0.2) is 0 Å². The first-order chi connectivity index (χ1) is 13.5. The first-order valence-corrected chi connectivity index (χ1v) is 10.6. The zero-order valence-electron chi connectivity index (χ0n) is 18.1. The molecule has 3 nitrogen and oxygen atoms in total. The van der Waals surface area contributed by atoms with Gasteiger partial charge in [0.05, 0.1) is 6.04 Å². The molecule has 0 saturated carbocycles. The molecule has 0 radical (unpaired) electrons. The molecule has 150 valence electrons. The summed E-state index contributed by atoms with van der Waals surface area (Å²) in [6.45, 7) is 14.3. The van der Waals surface area contributed by atoms with Crippen molar-refractivity contribution >= 4 is 11.4 Å². The fraction of sp³-hybridized carbons (Fsp3) is 0.440. The van der Waals surface area contributed by atoms with Crippen LogP contribution in [0.15, 0.2) is 60.4 Å². The van der Waals surface area contributed by atoms with E-state index in [0.29, 0.717) is 12.0 Å². The lowest BCUT2D eigenvalue weighted by Gasteiger charge is -2.46. The van der Waals surface area contributed by atoms with Gasteiger partial charge in [-0.25, -0.2) is 0 Å².